The van der Waals surface area contributed by atoms with E-state index < -0.39 is 0 Å². The van der Waals surface area contributed by atoms with Gasteiger partial charge in [-0.3, -0.25) is 0 Å². The smallest absolute Gasteiger partial charge is 0.339 e. The second-order valence-corrected chi connectivity index (χ2v) is 16.1. The van der Waals surface area contributed by atoms with Crippen LogP contribution < -0.4 is 10.6 Å². The molecule has 0 aromatic heterocycles. The van der Waals surface area contributed by atoms with Gasteiger partial charge < -0.3 is 20.1 Å². The Morgan fingerprint density at radius 3 is 1.70 bits per heavy atom. The molecular formula is C40H48N2O4. The van der Waals surface area contributed by atoms with E-state index >= 15 is 0 Å². The summed E-state index contributed by atoms with van der Waals surface area (Å²) in [4.78, 5) is 26.9. The average Bonchev–Trinajstić information content (AvgIpc) is 2.92. The maximum Gasteiger partial charge on any atom is 0.339 e. The van der Waals surface area contributed by atoms with Crippen molar-refractivity contribution in [3.8, 4) is 11.1 Å². The molecule has 46 heavy (non-hydrogen) atoms. The number of benzene rings is 4. The van der Waals surface area contributed by atoms with Crippen molar-refractivity contribution < 1.29 is 19.1 Å². The van der Waals surface area contributed by atoms with Crippen molar-refractivity contribution in [3.05, 3.63) is 83.9 Å². The monoisotopic (exact) mass is 620 g/mol. The number of ether oxygens (including phenoxy) is 2. The topological polar surface area (TPSA) is 76.7 Å². The van der Waals surface area contributed by atoms with Crippen molar-refractivity contribution in [1.82, 2.24) is 10.6 Å². The minimum Gasteiger partial charge on any atom is -0.459 e. The molecule has 0 unspecified atom stereocenters. The van der Waals surface area contributed by atoms with Crippen LogP contribution in [0.2, 0.25) is 0 Å². The number of esters is 2. The Hall–Kier alpha value is -3.74. The van der Waals surface area contributed by atoms with Crippen molar-refractivity contribution in [2.75, 3.05) is 0 Å². The van der Waals surface area contributed by atoms with E-state index in [9.17, 15) is 9.59 Å². The van der Waals surface area contributed by atoms with Crippen LogP contribution in [0.5, 0.6) is 0 Å². The molecule has 0 amide bonds. The molecule has 2 fully saturated rings. The molecule has 4 aromatic rings. The third-order valence-corrected chi connectivity index (χ3v) is 9.38. The lowest BCUT2D eigenvalue weighted by Crippen LogP contribution is -2.59. The molecule has 0 aliphatic carbocycles. The summed E-state index contributed by atoms with van der Waals surface area (Å²) in [7, 11) is 0. The first-order valence-electron chi connectivity index (χ1n) is 16.5. The van der Waals surface area contributed by atoms with Gasteiger partial charge in [0.05, 0.1) is 11.1 Å². The highest BCUT2D eigenvalue weighted by Gasteiger charge is 2.40. The van der Waals surface area contributed by atoms with Gasteiger partial charge in [-0.05, 0) is 112 Å². The number of hydrogen-bond donors (Lipinski definition) is 2. The van der Waals surface area contributed by atoms with Crippen molar-refractivity contribution in [3.63, 3.8) is 0 Å². The number of carbonyl (C=O) groups excluding carboxylic acids is 2. The van der Waals surface area contributed by atoms with Crippen LogP contribution in [0.25, 0.3) is 32.7 Å². The molecule has 242 valence electrons. The fourth-order valence-corrected chi connectivity index (χ4v) is 8.33. The summed E-state index contributed by atoms with van der Waals surface area (Å²) >= 11 is 0. The van der Waals surface area contributed by atoms with Crippen LogP contribution in [0, 0.1) is 0 Å². The molecule has 0 radical (unpaired) electrons. The summed E-state index contributed by atoms with van der Waals surface area (Å²) < 4.78 is 12.2. The largest absolute Gasteiger partial charge is 0.459 e. The van der Waals surface area contributed by atoms with Crippen molar-refractivity contribution in [1.29, 1.82) is 0 Å². The predicted molar refractivity (Wildman–Crippen MR) is 186 cm³/mol. The van der Waals surface area contributed by atoms with E-state index in [0.717, 1.165) is 58.4 Å². The molecule has 0 atom stereocenters. The van der Waals surface area contributed by atoms with E-state index in [2.05, 4.69) is 90.3 Å². The van der Waals surface area contributed by atoms with Gasteiger partial charge in [0.1, 0.15) is 12.2 Å². The molecule has 2 saturated heterocycles. The molecule has 2 aliphatic rings. The molecule has 6 nitrogen and oxygen atoms in total. The number of hydrogen-bond acceptors (Lipinski definition) is 6. The molecule has 2 N–H and O–H groups in total. The normalized spacial score (nSPS) is 20.8. The summed E-state index contributed by atoms with van der Waals surface area (Å²) in [5.41, 5.74) is 2.69. The van der Waals surface area contributed by atoms with Crippen LogP contribution in [0.3, 0.4) is 0 Å². The predicted octanol–water partition coefficient (Wildman–Crippen LogP) is 8.59. The lowest BCUT2D eigenvalue weighted by molar-refractivity contribution is -0.00756. The molecule has 0 bridgehead atoms. The second-order valence-electron chi connectivity index (χ2n) is 16.1. The lowest BCUT2D eigenvalue weighted by atomic mass is 9.81. The Labute approximate surface area is 273 Å². The highest BCUT2D eigenvalue weighted by molar-refractivity contribution is 6.10. The van der Waals surface area contributed by atoms with Gasteiger partial charge in [0.25, 0.3) is 0 Å². The van der Waals surface area contributed by atoms with E-state index in [1.54, 1.807) is 0 Å². The number of carbonyl (C=O) groups is 2. The van der Waals surface area contributed by atoms with Gasteiger partial charge in [0, 0.05) is 47.8 Å². The Balaban J connectivity index is 1.27. The molecule has 6 heteroatoms. The summed E-state index contributed by atoms with van der Waals surface area (Å²) in [6.45, 7) is 17.2. The van der Waals surface area contributed by atoms with E-state index in [1.807, 2.05) is 48.5 Å². The van der Waals surface area contributed by atoms with Gasteiger partial charge in [-0.25, -0.2) is 9.59 Å². The fourth-order valence-electron chi connectivity index (χ4n) is 8.33. The summed E-state index contributed by atoms with van der Waals surface area (Å²) in [5.74, 6) is -0.580. The van der Waals surface area contributed by atoms with Crippen molar-refractivity contribution in [2.24, 2.45) is 0 Å². The SMILES string of the molecule is CC1(C)CC(OC(=O)c2ccc3ccc(-c4ccc(C(=O)OC5CC(C)(C)NC(C)(C)C5)c5ccccc45)cc3c2)CC(C)(C)N1. The standard InChI is InChI=1S/C40H48N2O4/c1-37(2)21-29(22-38(3,4)41-37)45-35(43)27-16-14-25-13-15-26(19-28(25)20-27)31-17-18-34(33-12-10-9-11-32(31)33)36(44)46-30-23-39(5,6)42-40(7,8)24-30/h9-20,29-30,41-42H,21-24H2,1-8H3. The van der Waals surface area contributed by atoms with E-state index in [-0.39, 0.29) is 46.3 Å². The van der Waals surface area contributed by atoms with E-state index in [1.165, 1.54) is 0 Å². The van der Waals surface area contributed by atoms with E-state index in [4.69, 9.17) is 9.47 Å². The van der Waals surface area contributed by atoms with Gasteiger partial charge in [0.15, 0.2) is 0 Å². The van der Waals surface area contributed by atoms with Gasteiger partial charge in [-0.1, -0.05) is 48.5 Å². The minimum atomic E-state index is -0.292. The van der Waals surface area contributed by atoms with Crippen molar-refractivity contribution >= 4 is 33.5 Å². The molecule has 4 aromatic carbocycles. The van der Waals surface area contributed by atoms with Crippen molar-refractivity contribution in [2.45, 2.75) is 115 Å². The molecule has 2 heterocycles. The maximum absolute atomic E-state index is 13.6. The minimum absolute atomic E-state index is 0.110. The second kappa shape index (κ2) is 11.5. The number of fused-ring (bicyclic) bond motifs is 2. The molecule has 6 rings (SSSR count). The first-order valence-corrected chi connectivity index (χ1v) is 16.5. The Morgan fingerprint density at radius 2 is 1.11 bits per heavy atom. The number of rotatable bonds is 5. The zero-order valence-corrected chi connectivity index (χ0v) is 28.5. The van der Waals surface area contributed by atoms with Crippen LogP contribution in [0.15, 0.2) is 72.8 Å². The number of nitrogens with one attached hydrogen (secondary N) is 2. The fraction of sp³-hybridized carbons (Fsp3) is 0.450. The Morgan fingerprint density at radius 1 is 0.587 bits per heavy atom. The molecular weight excluding hydrogens is 572 g/mol. The zero-order chi connectivity index (χ0) is 33.1. The zero-order valence-electron chi connectivity index (χ0n) is 28.5. The first-order chi connectivity index (χ1) is 21.5. The average molecular weight is 621 g/mol. The summed E-state index contributed by atoms with van der Waals surface area (Å²) in [6, 6.07) is 23.9. The quantitative estimate of drug-likeness (QED) is 0.218. The third-order valence-electron chi connectivity index (χ3n) is 9.38. The molecule has 2 aliphatic heterocycles. The highest BCUT2D eigenvalue weighted by Crippen LogP contribution is 2.36. The lowest BCUT2D eigenvalue weighted by Gasteiger charge is -2.45. The first kappa shape index (κ1) is 32.2. The molecule has 0 spiro atoms. The number of piperidine rings is 2. The molecule has 0 saturated carbocycles. The van der Waals surface area contributed by atoms with Crippen LogP contribution in [0.1, 0.15) is 102 Å². The van der Waals surface area contributed by atoms with Gasteiger partial charge in [-0.2, -0.15) is 0 Å². The van der Waals surface area contributed by atoms with Gasteiger partial charge >= 0.3 is 11.9 Å². The Kier molecular flexibility index (Phi) is 8.05. The van der Waals surface area contributed by atoms with Crippen LogP contribution in [-0.4, -0.2) is 46.3 Å². The third kappa shape index (κ3) is 6.98. The van der Waals surface area contributed by atoms with Crippen LogP contribution in [0.4, 0.5) is 0 Å². The van der Waals surface area contributed by atoms with Crippen LogP contribution >= 0.6 is 0 Å². The van der Waals surface area contributed by atoms with E-state index in [0.29, 0.717) is 11.1 Å². The highest BCUT2D eigenvalue weighted by atomic mass is 16.5. The van der Waals surface area contributed by atoms with Crippen LogP contribution in [-0.2, 0) is 9.47 Å². The van der Waals surface area contributed by atoms with Gasteiger partial charge in [-0.15, -0.1) is 0 Å². The maximum atomic E-state index is 13.6. The van der Waals surface area contributed by atoms with Gasteiger partial charge in [0.2, 0.25) is 0 Å². The summed E-state index contributed by atoms with van der Waals surface area (Å²) in [6.07, 6.45) is 2.75. The Bertz CT molecular complexity index is 1790. The summed E-state index contributed by atoms with van der Waals surface area (Å²) in [5, 5.41) is 11.2.